The van der Waals surface area contributed by atoms with Crippen LogP contribution in [-0.2, 0) is 26.3 Å². The van der Waals surface area contributed by atoms with Gasteiger partial charge in [-0.15, -0.1) is 11.8 Å². The van der Waals surface area contributed by atoms with Gasteiger partial charge >= 0.3 is 5.69 Å². The number of aryl methyl sites for hydroxylation is 1. The Balaban J connectivity index is 2.16. The fraction of sp³-hybridized carbons (Fsp3) is 0.368. The molecular weight excluding hydrogens is 384 g/mol. The third-order valence-electron chi connectivity index (χ3n) is 4.17. The van der Waals surface area contributed by atoms with E-state index in [-0.39, 0.29) is 5.56 Å². The van der Waals surface area contributed by atoms with Gasteiger partial charge in [-0.05, 0) is 23.6 Å². The van der Waals surface area contributed by atoms with Crippen molar-refractivity contribution in [2.45, 2.75) is 31.0 Å². The van der Waals surface area contributed by atoms with Crippen LogP contribution in [0.15, 0.2) is 38.9 Å². The van der Waals surface area contributed by atoms with Gasteiger partial charge in [-0.2, -0.15) is 0 Å². The lowest BCUT2D eigenvalue weighted by Gasteiger charge is -2.12. The van der Waals surface area contributed by atoms with Crippen LogP contribution in [0, 0.1) is 5.92 Å². The van der Waals surface area contributed by atoms with Crippen molar-refractivity contribution in [2.24, 2.45) is 20.0 Å². The summed E-state index contributed by atoms with van der Waals surface area (Å²) >= 11 is 7.51. The van der Waals surface area contributed by atoms with Crippen molar-refractivity contribution >= 4 is 34.4 Å². The minimum absolute atomic E-state index is 0.358. The largest absolute Gasteiger partial charge is 0.332 e. The van der Waals surface area contributed by atoms with Gasteiger partial charge < -0.3 is 0 Å². The van der Waals surface area contributed by atoms with Crippen LogP contribution in [0.1, 0.15) is 25.2 Å². The first-order valence-corrected chi connectivity index (χ1v) is 9.98. The molecule has 0 spiro atoms. The maximum atomic E-state index is 12.8. The van der Waals surface area contributed by atoms with Crippen molar-refractivity contribution in [1.82, 2.24) is 19.1 Å². The number of nitrogens with zero attached hydrogens (tertiary/aromatic N) is 4. The molecule has 8 heteroatoms. The normalized spacial score (nSPS) is 11.5. The molecule has 0 aliphatic heterocycles. The van der Waals surface area contributed by atoms with E-state index in [1.165, 1.54) is 23.4 Å². The predicted octanol–water partition coefficient (Wildman–Crippen LogP) is 3.17. The van der Waals surface area contributed by atoms with Gasteiger partial charge in [0.15, 0.2) is 5.65 Å². The molecule has 3 rings (SSSR count). The highest BCUT2D eigenvalue weighted by molar-refractivity contribution is 7.98. The molecule has 0 amide bonds. The third kappa shape index (κ3) is 4.09. The molecule has 6 nitrogen and oxygen atoms in total. The number of thioether (sulfide) groups is 1. The first-order chi connectivity index (χ1) is 12.8. The Labute approximate surface area is 166 Å². The zero-order chi connectivity index (χ0) is 19.7. The molecule has 0 fully saturated rings. The lowest BCUT2D eigenvalue weighted by Crippen LogP contribution is -2.37. The molecule has 0 aliphatic carbocycles. The minimum Gasteiger partial charge on any atom is -0.280 e. The molecule has 1 aromatic carbocycles. The summed E-state index contributed by atoms with van der Waals surface area (Å²) in [5.74, 6) is 1.60. The van der Waals surface area contributed by atoms with Crippen molar-refractivity contribution in [3.8, 4) is 0 Å². The number of rotatable bonds is 5. The molecule has 0 radical (unpaired) electrons. The van der Waals surface area contributed by atoms with E-state index in [4.69, 9.17) is 11.6 Å². The molecule has 2 aromatic heterocycles. The van der Waals surface area contributed by atoms with Crippen molar-refractivity contribution in [2.75, 3.05) is 0 Å². The highest BCUT2D eigenvalue weighted by Gasteiger charge is 2.18. The number of hydrogen-bond acceptors (Lipinski definition) is 5. The zero-order valence-corrected chi connectivity index (χ0v) is 17.3. The maximum absolute atomic E-state index is 12.8. The standard InChI is InChI=1S/C19H21ClN4O2S/c1-11(2)8-14-21-16-15(18(25)24(4)19(26)23(16)3)17(22-14)27-10-12-6-5-7-13(20)9-12/h5-7,9,11H,8,10H2,1-4H3. The second kappa shape index (κ2) is 7.86. The Morgan fingerprint density at radius 2 is 1.89 bits per heavy atom. The summed E-state index contributed by atoms with van der Waals surface area (Å²) in [4.78, 5) is 34.2. The predicted molar refractivity (Wildman–Crippen MR) is 110 cm³/mol. The summed E-state index contributed by atoms with van der Waals surface area (Å²) in [6, 6.07) is 7.58. The van der Waals surface area contributed by atoms with Gasteiger partial charge in [-0.3, -0.25) is 13.9 Å². The highest BCUT2D eigenvalue weighted by atomic mass is 35.5. The number of benzene rings is 1. The summed E-state index contributed by atoms with van der Waals surface area (Å²) < 4.78 is 2.50. The Kier molecular flexibility index (Phi) is 5.72. The summed E-state index contributed by atoms with van der Waals surface area (Å²) in [7, 11) is 3.10. The maximum Gasteiger partial charge on any atom is 0.332 e. The molecule has 0 bridgehead atoms. The van der Waals surface area contributed by atoms with Crippen molar-refractivity contribution in [3.63, 3.8) is 0 Å². The monoisotopic (exact) mass is 404 g/mol. The lowest BCUT2D eigenvalue weighted by molar-refractivity contribution is 0.613. The smallest absolute Gasteiger partial charge is 0.280 e. The highest BCUT2D eigenvalue weighted by Crippen LogP contribution is 2.27. The van der Waals surface area contributed by atoms with E-state index in [2.05, 4.69) is 23.8 Å². The van der Waals surface area contributed by atoms with Crippen LogP contribution in [-0.4, -0.2) is 19.1 Å². The molecule has 142 valence electrons. The van der Waals surface area contributed by atoms with Crippen LogP contribution in [0.25, 0.3) is 11.0 Å². The second-order valence-electron chi connectivity index (χ2n) is 6.87. The fourth-order valence-electron chi connectivity index (χ4n) is 2.81. The summed E-state index contributed by atoms with van der Waals surface area (Å²) in [5.41, 5.74) is 0.638. The second-order valence-corrected chi connectivity index (χ2v) is 8.27. The molecule has 0 atom stereocenters. The average Bonchev–Trinajstić information content (AvgIpc) is 2.62. The first-order valence-electron chi connectivity index (χ1n) is 8.61. The van der Waals surface area contributed by atoms with E-state index in [0.717, 1.165) is 10.1 Å². The Morgan fingerprint density at radius 3 is 2.56 bits per heavy atom. The molecule has 2 heterocycles. The zero-order valence-electron chi connectivity index (χ0n) is 15.7. The van der Waals surface area contributed by atoms with Gasteiger partial charge in [-0.25, -0.2) is 14.8 Å². The molecule has 0 N–H and O–H groups in total. The van der Waals surface area contributed by atoms with Crippen LogP contribution in [0.5, 0.6) is 0 Å². The topological polar surface area (TPSA) is 69.8 Å². The van der Waals surface area contributed by atoms with Crippen LogP contribution >= 0.6 is 23.4 Å². The van der Waals surface area contributed by atoms with Gasteiger partial charge in [0.25, 0.3) is 5.56 Å². The van der Waals surface area contributed by atoms with Gasteiger partial charge in [0.1, 0.15) is 16.2 Å². The third-order valence-corrected chi connectivity index (χ3v) is 5.45. The molecule has 0 aliphatic rings. The molecule has 0 saturated carbocycles. The molecule has 27 heavy (non-hydrogen) atoms. The quantitative estimate of drug-likeness (QED) is 0.482. The van der Waals surface area contributed by atoms with E-state index in [1.54, 1.807) is 7.05 Å². The van der Waals surface area contributed by atoms with E-state index >= 15 is 0 Å². The summed E-state index contributed by atoms with van der Waals surface area (Å²) in [6.45, 7) is 4.16. The van der Waals surface area contributed by atoms with E-state index in [9.17, 15) is 9.59 Å². The van der Waals surface area contributed by atoms with Crippen molar-refractivity contribution < 1.29 is 0 Å². The number of fused-ring (bicyclic) bond motifs is 1. The molecular formula is C19H21ClN4O2S. The van der Waals surface area contributed by atoms with Gasteiger partial charge in [-0.1, -0.05) is 37.6 Å². The molecule has 0 unspecified atom stereocenters. The van der Waals surface area contributed by atoms with Gasteiger partial charge in [0.2, 0.25) is 0 Å². The number of halogens is 1. The van der Waals surface area contributed by atoms with Gasteiger partial charge in [0.05, 0.1) is 0 Å². The Hall–Kier alpha value is -2.12. The van der Waals surface area contributed by atoms with E-state index in [1.807, 2.05) is 24.3 Å². The number of aromatic nitrogens is 4. The van der Waals surface area contributed by atoms with E-state index in [0.29, 0.717) is 45.0 Å². The fourth-order valence-corrected chi connectivity index (χ4v) is 4.00. The Bertz CT molecular complexity index is 1120. The van der Waals surface area contributed by atoms with Crippen LogP contribution < -0.4 is 11.2 Å². The lowest BCUT2D eigenvalue weighted by atomic mass is 10.1. The van der Waals surface area contributed by atoms with Crippen LogP contribution in [0.2, 0.25) is 5.02 Å². The Morgan fingerprint density at radius 1 is 1.15 bits per heavy atom. The van der Waals surface area contributed by atoms with Crippen molar-refractivity contribution in [1.29, 1.82) is 0 Å². The molecule has 3 aromatic rings. The summed E-state index contributed by atoms with van der Waals surface area (Å²) in [6.07, 6.45) is 0.671. The van der Waals surface area contributed by atoms with Crippen LogP contribution in [0.3, 0.4) is 0 Å². The number of hydrogen-bond donors (Lipinski definition) is 0. The SMILES string of the molecule is CC(C)Cc1nc(SCc2cccc(Cl)c2)c2c(=O)n(C)c(=O)n(C)c2n1. The molecule has 0 saturated heterocycles. The van der Waals surface area contributed by atoms with Crippen molar-refractivity contribution in [3.05, 3.63) is 61.5 Å². The average molecular weight is 405 g/mol. The van der Waals surface area contributed by atoms with E-state index < -0.39 is 5.69 Å². The summed E-state index contributed by atoms with van der Waals surface area (Å²) in [5, 5.41) is 1.63. The van der Waals surface area contributed by atoms with Crippen LogP contribution in [0.4, 0.5) is 0 Å². The van der Waals surface area contributed by atoms with Gasteiger partial charge in [0, 0.05) is 31.3 Å². The first kappa shape index (κ1) is 19.6. The minimum atomic E-state index is -0.396.